The van der Waals surface area contributed by atoms with Crippen molar-refractivity contribution in [3.05, 3.63) is 60.7 Å². The summed E-state index contributed by atoms with van der Waals surface area (Å²) in [6, 6.07) is 10.9. The highest BCUT2D eigenvalue weighted by Crippen LogP contribution is 2.25. The number of pyridine rings is 1. The summed E-state index contributed by atoms with van der Waals surface area (Å²) in [6.07, 6.45) is 4.94. The fourth-order valence-corrected chi connectivity index (χ4v) is 2.71. The van der Waals surface area contributed by atoms with Gasteiger partial charge in [0.1, 0.15) is 5.69 Å². The summed E-state index contributed by atoms with van der Waals surface area (Å²) >= 11 is 0. The SMILES string of the molecule is Cc1cccc(-c2nccn2-c2ccc3c(cnn3C(F)F)c2)n1. The molecular weight excluding hydrogens is 312 g/mol. The van der Waals surface area contributed by atoms with Crippen molar-refractivity contribution in [2.75, 3.05) is 0 Å². The molecule has 0 amide bonds. The maximum atomic E-state index is 12.9. The molecule has 0 fully saturated rings. The summed E-state index contributed by atoms with van der Waals surface area (Å²) in [6.45, 7) is -0.740. The minimum absolute atomic E-state index is 0.393. The number of aromatic nitrogens is 5. The summed E-state index contributed by atoms with van der Waals surface area (Å²) < 4.78 is 28.4. The molecule has 3 aromatic heterocycles. The summed E-state index contributed by atoms with van der Waals surface area (Å²) in [5, 5.41) is 4.38. The van der Waals surface area contributed by atoms with E-state index in [-0.39, 0.29) is 0 Å². The number of nitrogens with zero attached hydrogens (tertiary/aromatic N) is 5. The smallest absolute Gasteiger partial charge is 0.298 e. The van der Waals surface area contributed by atoms with E-state index in [1.165, 1.54) is 6.20 Å². The molecule has 0 spiro atoms. The number of alkyl halides is 2. The molecular formula is C17H13F2N5. The average Bonchev–Trinajstić information content (AvgIpc) is 3.21. The van der Waals surface area contributed by atoms with Crippen molar-refractivity contribution in [1.29, 1.82) is 0 Å². The van der Waals surface area contributed by atoms with Crippen LogP contribution in [0.3, 0.4) is 0 Å². The molecule has 0 saturated carbocycles. The average molecular weight is 325 g/mol. The number of halogens is 2. The van der Waals surface area contributed by atoms with Crippen LogP contribution in [0.1, 0.15) is 12.2 Å². The molecule has 0 atom stereocenters. The van der Waals surface area contributed by atoms with E-state index >= 15 is 0 Å². The van der Waals surface area contributed by atoms with Crippen LogP contribution in [-0.2, 0) is 0 Å². The first-order chi connectivity index (χ1) is 11.6. The third-order valence-corrected chi connectivity index (χ3v) is 3.80. The summed E-state index contributed by atoms with van der Waals surface area (Å²) in [5.41, 5.74) is 2.86. The van der Waals surface area contributed by atoms with Crippen molar-refractivity contribution >= 4 is 10.9 Å². The Labute approximate surface area is 136 Å². The fourth-order valence-electron chi connectivity index (χ4n) is 2.71. The van der Waals surface area contributed by atoms with Crippen molar-refractivity contribution in [1.82, 2.24) is 24.3 Å². The van der Waals surface area contributed by atoms with Crippen LogP contribution in [0.5, 0.6) is 0 Å². The van der Waals surface area contributed by atoms with E-state index in [1.807, 2.05) is 42.0 Å². The van der Waals surface area contributed by atoms with Gasteiger partial charge >= 0.3 is 6.55 Å². The molecule has 3 heterocycles. The summed E-state index contributed by atoms with van der Waals surface area (Å²) in [4.78, 5) is 8.87. The van der Waals surface area contributed by atoms with Gasteiger partial charge in [-0.15, -0.1) is 0 Å². The molecule has 120 valence electrons. The Morgan fingerprint density at radius 3 is 2.79 bits per heavy atom. The van der Waals surface area contributed by atoms with Gasteiger partial charge in [-0.2, -0.15) is 13.9 Å². The standard InChI is InChI=1S/C17H13F2N5/c1-11-3-2-4-14(22-11)16-20-7-8-23(16)13-5-6-15-12(9-13)10-21-24(15)17(18)19/h2-10,17H,1H3. The van der Waals surface area contributed by atoms with Crippen LogP contribution in [0.25, 0.3) is 28.1 Å². The number of hydrogen-bond acceptors (Lipinski definition) is 3. The molecule has 0 saturated heterocycles. The molecule has 0 aliphatic heterocycles. The van der Waals surface area contributed by atoms with Crippen LogP contribution < -0.4 is 0 Å². The second-order valence-electron chi connectivity index (χ2n) is 5.39. The minimum Gasteiger partial charge on any atom is -0.298 e. The number of hydrogen-bond donors (Lipinski definition) is 0. The molecule has 0 unspecified atom stereocenters. The predicted molar refractivity (Wildman–Crippen MR) is 86.1 cm³/mol. The molecule has 0 bridgehead atoms. The lowest BCUT2D eigenvalue weighted by Gasteiger charge is -2.08. The highest BCUT2D eigenvalue weighted by molar-refractivity contribution is 5.81. The van der Waals surface area contributed by atoms with Crippen LogP contribution in [0, 0.1) is 6.92 Å². The van der Waals surface area contributed by atoms with Crippen LogP contribution in [-0.4, -0.2) is 24.3 Å². The topological polar surface area (TPSA) is 48.5 Å². The van der Waals surface area contributed by atoms with E-state index in [2.05, 4.69) is 15.1 Å². The zero-order valence-electron chi connectivity index (χ0n) is 12.8. The number of imidazole rings is 1. The Morgan fingerprint density at radius 2 is 2.00 bits per heavy atom. The zero-order chi connectivity index (χ0) is 16.7. The van der Waals surface area contributed by atoms with Crippen LogP contribution >= 0.6 is 0 Å². The van der Waals surface area contributed by atoms with Crippen molar-refractivity contribution in [2.45, 2.75) is 13.5 Å². The third kappa shape index (κ3) is 2.34. The third-order valence-electron chi connectivity index (χ3n) is 3.80. The Hall–Kier alpha value is -3.09. The maximum absolute atomic E-state index is 12.9. The molecule has 0 aliphatic carbocycles. The lowest BCUT2D eigenvalue weighted by Crippen LogP contribution is -2.00. The fraction of sp³-hybridized carbons (Fsp3) is 0.118. The molecule has 24 heavy (non-hydrogen) atoms. The first-order valence-electron chi connectivity index (χ1n) is 7.36. The van der Waals surface area contributed by atoms with Crippen LogP contribution in [0.15, 0.2) is 55.0 Å². The molecule has 0 aliphatic rings. The van der Waals surface area contributed by atoms with Gasteiger partial charge in [0, 0.05) is 29.2 Å². The van der Waals surface area contributed by atoms with Gasteiger partial charge in [0.25, 0.3) is 0 Å². The summed E-state index contributed by atoms with van der Waals surface area (Å²) in [5.74, 6) is 0.694. The minimum atomic E-state index is -2.66. The van der Waals surface area contributed by atoms with E-state index in [9.17, 15) is 8.78 Å². The van der Waals surface area contributed by atoms with Gasteiger partial charge in [-0.05, 0) is 37.3 Å². The quantitative estimate of drug-likeness (QED) is 0.572. The van der Waals surface area contributed by atoms with E-state index in [0.29, 0.717) is 21.4 Å². The van der Waals surface area contributed by atoms with E-state index in [0.717, 1.165) is 17.1 Å². The molecule has 0 N–H and O–H groups in total. The Kier molecular flexibility index (Phi) is 3.34. The van der Waals surface area contributed by atoms with Crippen molar-refractivity contribution < 1.29 is 8.78 Å². The van der Waals surface area contributed by atoms with Gasteiger partial charge < -0.3 is 0 Å². The molecule has 5 nitrogen and oxygen atoms in total. The lowest BCUT2D eigenvalue weighted by atomic mass is 10.2. The Balaban J connectivity index is 1.83. The van der Waals surface area contributed by atoms with E-state index in [4.69, 9.17) is 0 Å². The second-order valence-corrected chi connectivity index (χ2v) is 5.39. The predicted octanol–water partition coefficient (Wildman–Crippen LogP) is 3.99. The van der Waals surface area contributed by atoms with Gasteiger partial charge in [-0.1, -0.05) is 6.07 Å². The van der Waals surface area contributed by atoms with Gasteiger partial charge in [0.15, 0.2) is 5.82 Å². The normalized spacial score (nSPS) is 11.5. The Bertz CT molecular complexity index is 1020. The van der Waals surface area contributed by atoms with Crippen LogP contribution in [0.4, 0.5) is 8.78 Å². The highest BCUT2D eigenvalue weighted by atomic mass is 19.3. The maximum Gasteiger partial charge on any atom is 0.333 e. The van der Waals surface area contributed by atoms with Gasteiger partial charge in [0.2, 0.25) is 0 Å². The van der Waals surface area contributed by atoms with E-state index < -0.39 is 6.55 Å². The largest absolute Gasteiger partial charge is 0.333 e. The molecule has 4 aromatic rings. The molecule has 4 rings (SSSR count). The molecule has 0 radical (unpaired) electrons. The van der Waals surface area contributed by atoms with Gasteiger partial charge in [-0.25, -0.2) is 14.6 Å². The molecule has 7 heteroatoms. The van der Waals surface area contributed by atoms with Crippen molar-refractivity contribution in [3.8, 4) is 17.2 Å². The van der Waals surface area contributed by atoms with Crippen molar-refractivity contribution in [2.24, 2.45) is 0 Å². The highest BCUT2D eigenvalue weighted by Gasteiger charge is 2.13. The lowest BCUT2D eigenvalue weighted by molar-refractivity contribution is 0.0615. The van der Waals surface area contributed by atoms with Gasteiger partial charge in [0.05, 0.1) is 11.7 Å². The molecule has 1 aromatic carbocycles. The number of fused-ring (bicyclic) bond motifs is 1. The zero-order valence-corrected chi connectivity index (χ0v) is 12.8. The monoisotopic (exact) mass is 325 g/mol. The van der Waals surface area contributed by atoms with Gasteiger partial charge in [-0.3, -0.25) is 4.57 Å². The number of aryl methyl sites for hydroxylation is 1. The Morgan fingerprint density at radius 1 is 1.12 bits per heavy atom. The second kappa shape index (κ2) is 5.52. The van der Waals surface area contributed by atoms with Crippen LogP contribution in [0.2, 0.25) is 0 Å². The first-order valence-corrected chi connectivity index (χ1v) is 7.36. The first kappa shape index (κ1) is 14.5. The van der Waals surface area contributed by atoms with E-state index in [1.54, 1.807) is 18.3 Å². The number of benzene rings is 1. The van der Waals surface area contributed by atoms with Crippen molar-refractivity contribution in [3.63, 3.8) is 0 Å². The number of rotatable bonds is 3. The summed E-state index contributed by atoms with van der Waals surface area (Å²) in [7, 11) is 0.